The van der Waals surface area contributed by atoms with Gasteiger partial charge in [0.25, 0.3) is 0 Å². The zero-order valence-electron chi connectivity index (χ0n) is 12.3. The maximum Gasteiger partial charge on any atom is 0.0869 e. The standard InChI is InChI=1S/C17H24O3/c1-3-18-16-10-15-14(9-12(2)17(16)20-15)19-11-13-7-5-4-6-8-13/h4-8,12,14-17H,3,9-11H2,1-2H3/t12-,14+,15-,16-,17-/m1/s1. The zero-order valence-corrected chi connectivity index (χ0v) is 12.3. The molecule has 0 spiro atoms. The fourth-order valence-corrected chi connectivity index (χ4v) is 3.43. The van der Waals surface area contributed by atoms with E-state index < -0.39 is 0 Å². The third-order valence-corrected chi connectivity index (χ3v) is 4.43. The molecule has 3 heteroatoms. The second-order valence-electron chi connectivity index (χ2n) is 5.92. The van der Waals surface area contributed by atoms with Gasteiger partial charge in [0.15, 0.2) is 0 Å². The minimum atomic E-state index is 0.201. The predicted octanol–water partition coefficient (Wildman–Crippen LogP) is 3.17. The van der Waals surface area contributed by atoms with E-state index in [1.54, 1.807) is 0 Å². The van der Waals surface area contributed by atoms with Crippen LogP contribution in [-0.4, -0.2) is 31.0 Å². The predicted molar refractivity (Wildman–Crippen MR) is 77.5 cm³/mol. The molecular formula is C17H24O3. The summed E-state index contributed by atoms with van der Waals surface area (Å²) in [6.07, 6.45) is 2.97. The van der Waals surface area contributed by atoms with Gasteiger partial charge in [-0.05, 0) is 24.8 Å². The number of hydrogen-bond donors (Lipinski definition) is 0. The molecule has 0 saturated carbocycles. The van der Waals surface area contributed by atoms with Gasteiger partial charge in [0.05, 0.1) is 31.0 Å². The van der Waals surface area contributed by atoms with Gasteiger partial charge in [-0.25, -0.2) is 0 Å². The molecular weight excluding hydrogens is 252 g/mol. The maximum absolute atomic E-state index is 6.13. The lowest BCUT2D eigenvalue weighted by Gasteiger charge is -2.34. The van der Waals surface area contributed by atoms with Gasteiger partial charge in [-0.2, -0.15) is 0 Å². The van der Waals surface area contributed by atoms with Crippen LogP contribution in [0.2, 0.25) is 0 Å². The molecule has 0 amide bonds. The van der Waals surface area contributed by atoms with Gasteiger partial charge in [-0.1, -0.05) is 37.3 Å². The summed E-state index contributed by atoms with van der Waals surface area (Å²) < 4.78 is 18.1. The number of rotatable bonds is 5. The quantitative estimate of drug-likeness (QED) is 0.826. The van der Waals surface area contributed by atoms with Crippen molar-refractivity contribution < 1.29 is 14.2 Å². The first-order valence-corrected chi connectivity index (χ1v) is 7.70. The highest BCUT2D eigenvalue weighted by molar-refractivity contribution is 5.13. The largest absolute Gasteiger partial charge is 0.376 e. The van der Waals surface area contributed by atoms with Crippen LogP contribution in [0.15, 0.2) is 30.3 Å². The summed E-state index contributed by atoms with van der Waals surface area (Å²) in [7, 11) is 0. The van der Waals surface area contributed by atoms with Gasteiger partial charge in [-0.15, -0.1) is 0 Å². The summed E-state index contributed by atoms with van der Waals surface area (Å²) in [6.45, 7) is 5.73. The minimum absolute atomic E-state index is 0.201. The third-order valence-electron chi connectivity index (χ3n) is 4.43. The summed E-state index contributed by atoms with van der Waals surface area (Å²) in [5.41, 5.74) is 1.22. The zero-order chi connectivity index (χ0) is 13.9. The topological polar surface area (TPSA) is 27.7 Å². The molecule has 2 heterocycles. The smallest absolute Gasteiger partial charge is 0.0869 e. The van der Waals surface area contributed by atoms with Crippen LogP contribution in [0.1, 0.15) is 32.3 Å². The highest BCUT2D eigenvalue weighted by atomic mass is 16.6. The van der Waals surface area contributed by atoms with Crippen LogP contribution in [0.5, 0.6) is 0 Å². The van der Waals surface area contributed by atoms with Crippen molar-refractivity contribution in [2.45, 2.75) is 57.7 Å². The molecule has 2 saturated heterocycles. The molecule has 2 fully saturated rings. The summed E-state index contributed by atoms with van der Waals surface area (Å²) >= 11 is 0. The Morgan fingerprint density at radius 2 is 1.90 bits per heavy atom. The van der Waals surface area contributed by atoms with Crippen molar-refractivity contribution in [3.63, 3.8) is 0 Å². The minimum Gasteiger partial charge on any atom is -0.376 e. The van der Waals surface area contributed by atoms with Crippen molar-refractivity contribution in [1.29, 1.82) is 0 Å². The van der Waals surface area contributed by atoms with Crippen LogP contribution in [0.4, 0.5) is 0 Å². The molecule has 110 valence electrons. The maximum atomic E-state index is 6.13. The molecule has 0 unspecified atom stereocenters. The summed E-state index contributed by atoms with van der Waals surface area (Å²) in [5.74, 6) is 0.506. The molecule has 1 aromatic carbocycles. The van der Waals surface area contributed by atoms with E-state index in [1.165, 1.54) is 5.56 Å². The Balaban J connectivity index is 1.59. The Hall–Kier alpha value is -0.900. The Bertz CT molecular complexity index is 420. The molecule has 0 aliphatic carbocycles. The Labute approximate surface area is 121 Å². The van der Waals surface area contributed by atoms with Crippen LogP contribution >= 0.6 is 0 Å². The van der Waals surface area contributed by atoms with Crippen LogP contribution in [0.25, 0.3) is 0 Å². The number of fused-ring (bicyclic) bond motifs is 2. The van der Waals surface area contributed by atoms with Crippen LogP contribution in [0, 0.1) is 5.92 Å². The van der Waals surface area contributed by atoms with Crippen molar-refractivity contribution in [2.24, 2.45) is 5.92 Å². The van der Waals surface area contributed by atoms with E-state index in [-0.39, 0.29) is 24.4 Å². The van der Waals surface area contributed by atoms with Crippen LogP contribution < -0.4 is 0 Å². The molecule has 0 radical (unpaired) electrons. The first kappa shape index (κ1) is 14.1. The van der Waals surface area contributed by atoms with Crippen LogP contribution in [0.3, 0.4) is 0 Å². The molecule has 2 aliphatic rings. The second kappa shape index (κ2) is 6.25. The lowest BCUT2D eigenvalue weighted by molar-refractivity contribution is -0.141. The second-order valence-corrected chi connectivity index (χ2v) is 5.92. The van der Waals surface area contributed by atoms with E-state index in [2.05, 4.69) is 38.1 Å². The molecule has 0 aromatic heterocycles. The average Bonchev–Trinajstić information content (AvgIpc) is 2.84. The molecule has 3 rings (SSSR count). The lowest BCUT2D eigenvalue weighted by atomic mass is 9.95. The summed E-state index contributed by atoms with van der Waals surface area (Å²) in [5, 5.41) is 0. The average molecular weight is 276 g/mol. The van der Waals surface area contributed by atoms with Gasteiger partial charge in [0, 0.05) is 13.0 Å². The first-order chi connectivity index (χ1) is 9.78. The first-order valence-electron chi connectivity index (χ1n) is 7.70. The summed E-state index contributed by atoms with van der Waals surface area (Å²) in [4.78, 5) is 0. The monoisotopic (exact) mass is 276 g/mol. The van der Waals surface area contributed by atoms with Gasteiger partial charge in [0.2, 0.25) is 0 Å². The number of hydrogen-bond acceptors (Lipinski definition) is 3. The fraction of sp³-hybridized carbons (Fsp3) is 0.647. The van der Waals surface area contributed by atoms with E-state index in [9.17, 15) is 0 Å². The fourth-order valence-electron chi connectivity index (χ4n) is 3.43. The molecule has 3 nitrogen and oxygen atoms in total. The summed E-state index contributed by atoms with van der Waals surface area (Å²) in [6, 6.07) is 10.3. The normalized spacial score (nSPS) is 36.2. The van der Waals surface area contributed by atoms with Crippen molar-refractivity contribution in [3.05, 3.63) is 35.9 Å². The van der Waals surface area contributed by atoms with Crippen LogP contribution in [-0.2, 0) is 20.8 Å². The number of benzene rings is 1. The molecule has 5 atom stereocenters. The number of ether oxygens (including phenoxy) is 3. The van der Waals surface area contributed by atoms with Gasteiger partial charge >= 0.3 is 0 Å². The molecule has 2 aliphatic heterocycles. The van der Waals surface area contributed by atoms with Gasteiger partial charge < -0.3 is 14.2 Å². The van der Waals surface area contributed by atoms with E-state index in [0.717, 1.165) is 19.4 Å². The van der Waals surface area contributed by atoms with Crippen molar-refractivity contribution in [3.8, 4) is 0 Å². The van der Waals surface area contributed by atoms with E-state index in [1.807, 2.05) is 6.07 Å². The van der Waals surface area contributed by atoms with Gasteiger partial charge in [-0.3, -0.25) is 0 Å². The van der Waals surface area contributed by atoms with Crippen molar-refractivity contribution in [1.82, 2.24) is 0 Å². The van der Waals surface area contributed by atoms with Crippen molar-refractivity contribution in [2.75, 3.05) is 6.61 Å². The third kappa shape index (κ3) is 2.90. The molecule has 2 bridgehead atoms. The Kier molecular flexibility index (Phi) is 4.39. The highest BCUT2D eigenvalue weighted by Crippen LogP contribution is 2.39. The molecule has 0 N–H and O–H groups in total. The van der Waals surface area contributed by atoms with E-state index >= 15 is 0 Å². The molecule has 1 aromatic rings. The highest BCUT2D eigenvalue weighted by Gasteiger charge is 2.47. The SMILES string of the molecule is CCO[C@@H]1C[C@H]2O[C@@H]1[C@H](C)C[C@@H]2OCc1ccccc1. The van der Waals surface area contributed by atoms with Crippen molar-refractivity contribution >= 4 is 0 Å². The van der Waals surface area contributed by atoms with E-state index in [4.69, 9.17) is 14.2 Å². The van der Waals surface area contributed by atoms with E-state index in [0.29, 0.717) is 12.5 Å². The Morgan fingerprint density at radius 3 is 2.65 bits per heavy atom. The lowest BCUT2D eigenvalue weighted by Crippen LogP contribution is -2.40. The Morgan fingerprint density at radius 1 is 1.10 bits per heavy atom. The molecule has 20 heavy (non-hydrogen) atoms. The van der Waals surface area contributed by atoms with Gasteiger partial charge in [0.1, 0.15) is 0 Å².